The molecule has 4 N–H and O–H groups in total. The van der Waals surface area contributed by atoms with Crippen LogP contribution in [-0.4, -0.2) is 106 Å². The Morgan fingerprint density at radius 3 is 1.11 bits per heavy atom. The van der Waals surface area contributed by atoms with Crippen LogP contribution in [0.5, 0.6) is 23.0 Å². The first-order chi connectivity index (χ1) is 32.9. The van der Waals surface area contributed by atoms with Gasteiger partial charge in [0.1, 0.15) is 23.0 Å². The molecule has 4 aromatic heterocycles. The van der Waals surface area contributed by atoms with Gasteiger partial charge in [-0.05, 0) is 70.8 Å². The van der Waals surface area contributed by atoms with Crippen LogP contribution in [0.2, 0.25) is 0 Å². The van der Waals surface area contributed by atoms with Gasteiger partial charge >= 0.3 is 0 Å². The van der Waals surface area contributed by atoms with Gasteiger partial charge in [0.05, 0.1) is 98.8 Å². The van der Waals surface area contributed by atoms with Gasteiger partial charge in [0.15, 0.2) is 0 Å². The number of aryl methyl sites for hydroxylation is 2. The fraction of sp³-hybridized carbons (Fsp3) is 0.346. The zero-order valence-corrected chi connectivity index (χ0v) is 43.2. The lowest BCUT2D eigenvalue weighted by Gasteiger charge is -2.22. The number of ether oxygens (including phenoxy) is 4. The monoisotopic (exact) mass is 992 g/mol. The van der Waals surface area contributed by atoms with E-state index in [1.807, 2.05) is 75.0 Å². The van der Waals surface area contributed by atoms with Gasteiger partial charge in [0.2, 0.25) is 0 Å². The standard InChI is InChI=1S/2C26H32N6O2.2ClH/c2*1-17(2)27-8-9-28-26(19-10-21(33-4)13-22(11-19)34-5)18-6-7-23-24(12-18)31-25(15-29-23)20-14-30-32(3)16-20;;/h2*6-7,10-17,26-28H,8-9H2,1-5H3;2*1H/t2*26-;;/m10../s1. The van der Waals surface area contributed by atoms with E-state index in [0.29, 0.717) is 12.1 Å². The van der Waals surface area contributed by atoms with Crippen LogP contribution in [0.1, 0.15) is 62.0 Å². The molecule has 0 aliphatic rings. The van der Waals surface area contributed by atoms with E-state index in [4.69, 9.17) is 28.9 Å². The number of benzene rings is 4. The van der Waals surface area contributed by atoms with Crippen LogP contribution < -0.4 is 40.2 Å². The Labute approximate surface area is 423 Å². The van der Waals surface area contributed by atoms with Crippen LogP contribution in [0.15, 0.2) is 110 Å². The number of hydrogen-bond donors (Lipinski definition) is 4. The maximum Gasteiger partial charge on any atom is 0.122 e. The molecule has 0 aliphatic heterocycles. The van der Waals surface area contributed by atoms with Gasteiger partial charge in [-0.1, -0.05) is 39.8 Å². The Balaban J connectivity index is 0.000000254. The van der Waals surface area contributed by atoms with E-state index in [1.54, 1.807) is 62.6 Å². The van der Waals surface area contributed by atoms with Gasteiger partial charge in [-0.2, -0.15) is 10.2 Å². The number of methoxy groups -OCH3 is 4. The summed E-state index contributed by atoms with van der Waals surface area (Å²) in [6, 6.07) is 25.1. The average molecular weight is 994 g/mol. The first-order valence-corrected chi connectivity index (χ1v) is 22.8. The second-order valence-electron chi connectivity index (χ2n) is 17.1. The number of hydrogen-bond acceptors (Lipinski definition) is 14. The molecule has 0 fully saturated rings. The second kappa shape index (κ2) is 26.0. The molecule has 0 bridgehead atoms. The van der Waals surface area contributed by atoms with Crippen LogP contribution in [0.25, 0.3) is 44.6 Å². The summed E-state index contributed by atoms with van der Waals surface area (Å²) in [4.78, 5) is 19.0. The third-order valence-corrected chi connectivity index (χ3v) is 11.3. The molecule has 0 unspecified atom stereocenters. The van der Waals surface area contributed by atoms with Crippen molar-refractivity contribution in [1.82, 2.24) is 60.8 Å². The van der Waals surface area contributed by atoms with Gasteiger partial charge in [-0.3, -0.25) is 19.3 Å². The smallest absolute Gasteiger partial charge is 0.122 e. The van der Waals surface area contributed by atoms with Crippen molar-refractivity contribution in [3.63, 3.8) is 0 Å². The number of halogens is 2. The highest BCUT2D eigenvalue weighted by molar-refractivity contribution is 5.85. The predicted molar refractivity (Wildman–Crippen MR) is 283 cm³/mol. The summed E-state index contributed by atoms with van der Waals surface area (Å²) < 4.78 is 25.6. The maximum absolute atomic E-state index is 5.53. The number of rotatable bonds is 20. The minimum absolute atomic E-state index is 0. The van der Waals surface area contributed by atoms with Crippen molar-refractivity contribution in [3.8, 4) is 45.5 Å². The third-order valence-electron chi connectivity index (χ3n) is 11.3. The SMILES string of the molecule is COc1cc(OC)cc([C@@H](NCCNC(C)C)c2ccc3ncc(-c4cnn(C)c4)nc3c2)c1.COc1cc(OC)cc([C@H](NCCNC(C)C)c2ccc3ncc(-c4cnn(C)c4)nc3c2)c1.Cl.Cl. The molecule has 18 heteroatoms. The molecule has 0 amide bonds. The lowest BCUT2D eigenvalue weighted by molar-refractivity contribution is 0.392. The summed E-state index contributed by atoms with van der Waals surface area (Å²) in [6.45, 7) is 11.9. The van der Waals surface area contributed by atoms with Crippen LogP contribution in [-0.2, 0) is 14.1 Å². The quantitative estimate of drug-likeness (QED) is 0.0538. The van der Waals surface area contributed by atoms with E-state index in [-0.39, 0.29) is 36.9 Å². The van der Waals surface area contributed by atoms with Gasteiger partial charge in [0.25, 0.3) is 0 Å². The normalized spacial score (nSPS) is 11.9. The number of nitrogens with one attached hydrogen (secondary N) is 4. The predicted octanol–water partition coefficient (Wildman–Crippen LogP) is 8.29. The lowest BCUT2D eigenvalue weighted by Crippen LogP contribution is -2.34. The first kappa shape index (κ1) is 54.5. The molecule has 0 radical (unpaired) electrons. The Bertz CT molecular complexity index is 2670. The van der Waals surface area contributed by atoms with Gasteiger partial charge in [-0.15, -0.1) is 24.8 Å². The molecule has 70 heavy (non-hydrogen) atoms. The van der Waals surface area contributed by atoms with Crippen molar-refractivity contribution in [2.75, 3.05) is 54.6 Å². The van der Waals surface area contributed by atoms with Crippen LogP contribution in [0.3, 0.4) is 0 Å². The fourth-order valence-electron chi connectivity index (χ4n) is 7.80. The zero-order chi connectivity index (χ0) is 48.2. The Morgan fingerprint density at radius 2 is 0.800 bits per heavy atom. The molecular weight excluding hydrogens is 928 g/mol. The van der Waals surface area contributed by atoms with Crippen molar-refractivity contribution in [3.05, 3.63) is 132 Å². The highest BCUT2D eigenvalue weighted by atomic mass is 35.5. The van der Waals surface area contributed by atoms with Crippen LogP contribution >= 0.6 is 24.8 Å². The summed E-state index contributed by atoms with van der Waals surface area (Å²) in [5, 5.41) is 22.8. The highest BCUT2D eigenvalue weighted by Gasteiger charge is 2.20. The van der Waals surface area contributed by atoms with Crippen LogP contribution in [0, 0.1) is 0 Å². The summed E-state index contributed by atoms with van der Waals surface area (Å²) in [5.41, 5.74) is 11.1. The topological polar surface area (TPSA) is 172 Å². The molecule has 0 saturated carbocycles. The lowest BCUT2D eigenvalue weighted by atomic mass is 9.97. The zero-order valence-electron chi connectivity index (χ0n) is 41.6. The summed E-state index contributed by atoms with van der Waals surface area (Å²) in [5.74, 6) is 3.00. The largest absolute Gasteiger partial charge is 0.497 e. The number of aromatic nitrogens is 8. The Morgan fingerprint density at radius 1 is 0.443 bits per heavy atom. The van der Waals surface area contributed by atoms with Gasteiger partial charge < -0.3 is 40.2 Å². The minimum atomic E-state index is -0.0776. The number of nitrogens with zero attached hydrogens (tertiary/aromatic N) is 8. The van der Waals surface area contributed by atoms with E-state index in [1.165, 1.54) is 0 Å². The van der Waals surface area contributed by atoms with Crippen molar-refractivity contribution in [1.29, 1.82) is 0 Å². The minimum Gasteiger partial charge on any atom is -0.497 e. The highest BCUT2D eigenvalue weighted by Crippen LogP contribution is 2.33. The van der Waals surface area contributed by atoms with Crippen molar-refractivity contribution in [2.24, 2.45) is 14.1 Å². The molecule has 16 nitrogen and oxygen atoms in total. The summed E-state index contributed by atoms with van der Waals surface area (Å²) in [7, 11) is 10.4. The molecule has 0 aliphatic carbocycles. The summed E-state index contributed by atoms with van der Waals surface area (Å²) in [6.07, 6.45) is 11.1. The van der Waals surface area contributed by atoms with E-state index >= 15 is 0 Å². The fourth-order valence-corrected chi connectivity index (χ4v) is 7.80. The summed E-state index contributed by atoms with van der Waals surface area (Å²) >= 11 is 0. The molecule has 8 aromatic rings. The van der Waals surface area contributed by atoms with Crippen molar-refractivity contribution in [2.45, 2.75) is 51.9 Å². The van der Waals surface area contributed by atoms with E-state index < -0.39 is 0 Å². The molecule has 2 atom stereocenters. The van der Waals surface area contributed by atoms with Crippen molar-refractivity contribution >= 4 is 46.9 Å². The second-order valence-corrected chi connectivity index (χ2v) is 17.1. The molecule has 8 rings (SSSR count). The average Bonchev–Trinajstić information content (AvgIpc) is 4.00. The molecular formula is C52H66Cl2N12O4. The van der Waals surface area contributed by atoms with E-state index in [9.17, 15) is 0 Å². The molecule has 372 valence electrons. The molecule has 4 aromatic carbocycles. The van der Waals surface area contributed by atoms with Crippen LogP contribution in [0.4, 0.5) is 0 Å². The molecule has 0 spiro atoms. The maximum atomic E-state index is 5.53. The van der Waals surface area contributed by atoms with Gasteiger partial charge in [-0.25, -0.2) is 9.97 Å². The van der Waals surface area contributed by atoms with Gasteiger partial charge in [0, 0.05) is 88.0 Å². The Kier molecular flexibility index (Phi) is 20.3. The molecule has 0 saturated heterocycles. The first-order valence-electron chi connectivity index (χ1n) is 22.8. The molecule has 4 heterocycles. The Hall–Kier alpha value is -6.40. The van der Waals surface area contributed by atoms with E-state index in [2.05, 4.69) is 93.4 Å². The number of fused-ring (bicyclic) bond motifs is 2. The van der Waals surface area contributed by atoms with E-state index in [0.717, 1.165) is 116 Å². The third kappa shape index (κ3) is 14.3. The van der Waals surface area contributed by atoms with Crippen molar-refractivity contribution < 1.29 is 18.9 Å².